The monoisotopic (exact) mass is 329 g/mol. The third kappa shape index (κ3) is 4.74. The molecule has 0 aromatic heterocycles. The van der Waals surface area contributed by atoms with Crippen molar-refractivity contribution in [2.24, 2.45) is 11.3 Å². The van der Waals surface area contributed by atoms with E-state index >= 15 is 0 Å². The fraction of sp³-hybridized carbons (Fsp3) is 0.600. The van der Waals surface area contributed by atoms with Crippen LogP contribution in [-0.2, 0) is 4.79 Å². The summed E-state index contributed by atoms with van der Waals surface area (Å²) in [5.41, 5.74) is -0.232. The van der Waals surface area contributed by atoms with Crippen LogP contribution in [0, 0.1) is 22.7 Å². The molecule has 130 valence electrons. The molecular formula is C20H27NO3. The van der Waals surface area contributed by atoms with Crippen LogP contribution >= 0.6 is 0 Å². The van der Waals surface area contributed by atoms with Crippen LogP contribution < -0.4 is 9.47 Å². The van der Waals surface area contributed by atoms with Crippen molar-refractivity contribution >= 4 is 5.97 Å². The van der Waals surface area contributed by atoms with Crippen molar-refractivity contribution in [1.82, 2.24) is 0 Å². The summed E-state index contributed by atoms with van der Waals surface area (Å²) in [4.78, 5) is 12.3. The summed E-state index contributed by atoms with van der Waals surface area (Å²) < 4.78 is 11.0. The molecule has 1 aromatic carbocycles. The van der Waals surface area contributed by atoms with E-state index in [-0.39, 0.29) is 17.3 Å². The zero-order valence-corrected chi connectivity index (χ0v) is 14.7. The Morgan fingerprint density at radius 1 is 1.17 bits per heavy atom. The van der Waals surface area contributed by atoms with Gasteiger partial charge in [0.25, 0.3) is 0 Å². The zero-order valence-electron chi connectivity index (χ0n) is 14.7. The van der Waals surface area contributed by atoms with Gasteiger partial charge in [0.2, 0.25) is 0 Å². The first-order valence-electron chi connectivity index (χ1n) is 8.98. The predicted octanol–water partition coefficient (Wildman–Crippen LogP) is 4.88. The van der Waals surface area contributed by atoms with Crippen LogP contribution in [0.25, 0.3) is 0 Å². The number of rotatable bonds is 7. The summed E-state index contributed by atoms with van der Waals surface area (Å²) in [5, 5.41) is 9.44. The molecule has 4 heteroatoms. The van der Waals surface area contributed by atoms with Gasteiger partial charge in [-0.05, 0) is 62.8 Å². The van der Waals surface area contributed by atoms with Crippen molar-refractivity contribution in [3.8, 4) is 17.6 Å². The molecule has 0 N–H and O–H groups in total. The molecule has 0 spiro atoms. The van der Waals surface area contributed by atoms with Crippen LogP contribution in [0.5, 0.6) is 11.5 Å². The lowest BCUT2D eigenvalue weighted by Gasteiger charge is -2.33. The third-order valence-corrected chi connectivity index (χ3v) is 4.76. The Hall–Kier alpha value is -2.02. The molecular weight excluding hydrogens is 302 g/mol. The Morgan fingerprint density at radius 3 is 2.33 bits per heavy atom. The Balaban J connectivity index is 1.86. The zero-order chi connectivity index (χ0) is 17.4. The molecule has 1 aliphatic carbocycles. The van der Waals surface area contributed by atoms with Gasteiger partial charge in [0.1, 0.15) is 11.5 Å². The maximum atomic E-state index is 12.3. The van der Waals surface area contributed by atoms with E-state index in [4.69, 9.17) is 9.47 Å². The first kappa shape index (κ1) is 18.3. The summed E-state index contributed by atoms with van der Waals surface area (Å²) in [6.07, 6.45) is 5.95. The quantitative estimate of drug-likeness (QED) is 0.528. The molecule has 0 amide bonds. The predicted molar refractivity (Wildman–Crippen MR) is 92.8 cm³/mol. The molecule has 0 unspecified atom stereocenters. The molecule has 0 saturated heterocycles. The van der Waals surface area contributed by atoms with Gasteiger partial charge in [0.05, 0.1) is 24.0 Å². The highest BCUT2D eigenvalue weighted by molar-refractivity contribution is 5.75. The van der Waals surface area contributed by atoms with Crippen LogP contribution in [0.3, 0.4) is 0 Å². The van der Waals surface area contributed by atoms with Crippen LogP contribution in [-0.4, -0.2) is 12.6 Å². The Kier molecular flexibility index (Phi) is 6.66. The molecule has 0 atom stereocenters. The number of ether oxygens (including phenoxy) is 2. The molecule has 4 nitrogen and oxygen atoms in total. The summed E-state index contributed by atoms with van der Waals surface area (Å²) >= 11 is 0. The molecule has 24 heavy (non-hydrogen) atoms. The van der Waals surface area contributed by atoms with Crippen molar-refractivity contribution in [2.75, 3.05) is 6.61 Å². The largest absolute Gasteiger partial charge is 0.494 e. The van der Waals surface area contributed by atoms with E-state index in [0.717, 1.165) is 50.7 Å². The van der Waals surface area contributed by atoms with Gasteiger partial charge in [0.15, 0.2) is 0 Å². The van der Waals surface area contributed by atoms with E-state index in [1.807, 2.05) is 12.1 Å². The van der Waals surface area contributed by atoms with Crippen LogP contribution in [0.2, 0.25) is 0 Å². The van der Waals surface area contributed by atoms with Gasteiger partial charge < -0.3 is 9.47 Å². The van der Waals surface area contributed by atoms with E-state index in [1.165, 1.54) is 0 Å². The smallest absolute Gasteiger partial charge is 0.314 e. The lowest BCUT2D eigenvalue weighted by atomic mass is 9.69. The molecule has 0 bridgehead atoms. The second kappa shape index (κ2) is 8.73. The SMILES string of the molecule is CCCOc1ccc(OC(=O)C2CCC(C#N)(CCC)CC2)cc1. The minimum absolute atomic E-state index is 0.0978. The second-order valence-corrected chi connectivity index (χ2v) is 6.66. The van der Waals surface area contributed by atoms with Crippen LogP contribution in [0.15, 0.2) is 24.3 Å². The topological polar surface area (TPSA) is 59.3 Å². The highest BCUT2D eigenvalue weighted by Crippen LogP contribution is 2.42. The van der Waals surface area contributed by atoms with Gasteiger partial charge >= 0.3 is 5.97 Å². The van der Waals surface area contributed by atoms with Gasteiger partial charge in [-0.3, -0.25) is 4.79 Å². The summed E-state index contributed by atoms with van der Waals surface area (Å²) in [5.74, 6) is 1.06. The minimum Gasteiger partial charge on any atom is -0.494 e. The van der Waals surface area contributed by atoms with Gasteiger partial charge in [0, 0.05) is 0 Å². The molecule has 1 saturated carbocycles. The Bertz CT molecular complexity index is 566. The van der Waals surface area contributed by atoms with Gasteiger partial charge in [-0.2, -0.15) is 5.26 Å². The Labute approximate surface area is 144 Å². The number of nitrogens with zero attached hydrogens (tertiary/aromatic N) is 1. The number of esters is 1. The number of hydrogen-bond acceptors (Lipinski definition) is 4. The summed E-state index contributed by atoms with van der Waals surface area (Å²) in [6, 6.07) is 9.66. The molecule has 1 aliphatic rings. The van der Waals surface area contributed by atoms with Gasteiger partial charge in [-0.25, -0.2) is 0 Å². The minimum atomic E-state index is -0.232. The number of nitriles is 1. The molecule has 1 aromatic rings. The number of carbonyl (C=O) groups excluding carboxylic acids is 1. The molecule has 1 fully saturated rings. The first-order chi connectivity index (χ1) is 11.6. The van der Waals surface area contributed by atoms with Crippen molar-refractivity contribution in [3.63, 3.8) is 0 Å². The maximum absolute atomic E-state index is 12.3. The van der Waals surface area contributed by atoms with Crippen LogP contribution in [0.4, 0.5) is 0 Å². The van der Waals surface area contributed by atoms with E-state index in [2.05, 4.69) is 19.9 Å². The maximum Gasteiger partial charge on any atom is 0.314 e. The average Bonchev–Trinajstić information content (AvgIpc) is 2.62. The fourth-order valence-electron chi connectivity index (χ4n) is 3.33. The van der Waals surface area contributed by atoms with E-state index in [9.17, 15) is 10.1 Å². The Morgan fingerprint density at radius 2 is 1.79 bits per heavy atom. The van der Waals surface area contributed by atoms with Crippen molar-refractivity contribution < 1.29 is 14.3 Å². The van der Waals surface area contributed by atoms with E-state index < -0.39 is 0 Å². The molecule has 0 aliphatic heterocycles. The third-order valence-electron chi connectivity index (χ3n) is 4.76. The number of carbonyl (C=O) groups is 1. The first-order valence-corrected chi connectivity index (χ1v) is 8.98. The summed E-state index contributed by atoms with van der Waals surface area (Å²) in [7, 11) is 0. The average molecular weight is 329 g/mol. The van der Waals surface area contributed by atoms with Gasteiger partial charge in [-0.1, -0.05) is 20.3 Å². The molecule has 0 radical (unpaired) electrons. The van der Waals surface area contributed by atoms with Crippen molar-refractivity contribution in [1.29, 1.82) is 5.26 Å². The number of hydrogen-bond donors (Lipinski definition) is 0. The van der Waals surface area contributed by atoms with Gasteiger partial charge in [-0.15, -0.1) is 0 Å². The highest BCUT2D eigenvalue weighted by Gasteiger charge is 2.37. The standard InChI is InChI=1S/C20H27NO3/c1-3-11-20(15-21)12-9-16(10-13-20)19(22)24-18-7-5-17(6-8-18)23-14-4-2/h5-8,16H,3-4,9-14H2,1-2H3. The lowest BCUT2D eigenvalue weighted by Crippen LogP contribution is -2.31. The molecule has 2 rings (SSSR count). The van der Waals surface area contributed by atoms with E-state index in [0.29, 0.717) is 12.4 Å². The fourth-order valence-corrected chi connectivity index (χ4v) is 3.33. The van der Waals surface area contributed by atoms with E-state index in [1.54, 1.807) is 12.1 Å². The number of benzene rings is 1. The second-order valence-electron chi connectivity index (χ2n) is 6.66. The normalized spacial score (nSPS) is 23.3. The lowest BCUT2D eigenvalue weighted by molar-refractivity contribution is -0.140. The summed E-state index contributed by atoms with van der Waals surface area (Å²) in [6.45, 7) is 4.84. The van der Waals surface area contributed by atoms with Crippen molar-refractivity contribution in [3.05, 3.63) is 24.3 Å². The molecule has 0 heterocycles. The highest BCUT2D eigenvalue weighted by atomic mass is 16.5. The van der Waals surface area contributed by atoms with Crippen LogP contribution in [0.1, 0.15) is 58.8 Å². The van der Waals surface area contributed by atoms with Crippen molar-refractivity contribution in [2.45, 2.75) is 58.8 Å².